The monoisotopic (exact) mass is 626 g/mol. The highest BCUT2D eigenvalue weighted by atomic mass is 15.2. The zero-order valence-electron chi connectivity index (χ0n) is 27.4. The first kappa shape index (κ1) is 33.1. The molecule has 0 unspecified atom stereocenters. The molecule has 6 aromatic rings. The number of rotatable bonds is 10. The third kappa shape index (κ3) is 7.08. The van der Waals surface area contributed by atoms with E-state index < -0.39 is 0 Å². The molecule has 0 aliphatic heterocycles. The molecular formula is C42H38N6. The van der Waals surface area contributed by atoms with Crippen LogP contribution in [0.4, 0.5) is 0 Å². The smallest absolute Gasteiger partial charge is 0.238 e. The average Bonchev–Trinajstić information content (AvgIpc) is 3.49. The summed E-state index contributed by atoms with van der Waals surface area (Å²) in [5.74, 6) is 1.68. The van der Waals surface area contributed by atoms with Crippen LogP contribution in [-0.2, 0) is 6.42 Å². The number of benzene rings is 3. The number of allylic oxidation sites excluding steroid dienone is 4. The zero-order chi connectivity index (χ0) is 33.9. The van der Waals surface area contributed by atoms with Gasteiger partial charge in [0, 0.05) is 51.3 Å². The standard InChI is InChI=1S/C38H32N6.C4H6/c1-5-22-39-32(7-3)26-15-13-17-28(24-26)36-41-37(29-18-14-16-27(25-29)33-20-11-12-23-40-33)43-38(42-36)44-34(8-4)30(6-2)31-19-9-10-21-35(31)44;1-3-4-2/h5-7,9-25H,2-3,8H2,1,4H3;3-4H,1-2H2/b22-5-,39-32?;. The van der Waals surface area contributed by atoms with Crippen LogP contribution in [0.1, 0.15) is 30.7 Å². The predicted molar refractivity (Wildman–Crippen MR) is 202 cm³/mol. The van der Waals surface area contributed by atoms with Crippen LogP contribution in [0.5, 0.6) is 0 Å². The van der Waals surface area contributed by atoms with Crippen molar-refractivity contribution in [3.63, 3.8) is 0 Å². The number of pyridine rings is 1. The number of nitrogens with zero attached hydrogens (tertiary/aromatic N) is 6. The first-order valence-electron chi connectivity index (χ1n) is 15.7. The molecule has 0 amide bonds. The van der Waals surface area contributed by atoms with Crippen molar-refractivity contribution in [3.8, 4) is 40.0 Å². The first-order valence-corrected chi connectivity index (χ1v) is 15.7. The van der Waals surface area contributed by atoms with Crippen LogP contribution in [0, 0.1) is 0 Å². The van der Waals surface area contributed by atoms with E-state index in [1.807, 2.05) is 91.9 Å². The SMILES string of the molecule is C=CC(=N/C=C\C)c1cccc(-c2nc(-c3cccc(-c4ccccn4)c3)nc(-n3c(CC)c(C=C)c4ccccc43)n2)c1.C=CC=C. The van der Waals surface area contributed by atoms with E-state index in [1.165, 1.54) is 0 Å². The van der Waals surface area contributed by atoms with Crippen molar-refractivity contribution in [2.45, 2.75) is 20.3 Å². The third-order valence-electron chi connectivity index (χ3n) is 7.60. The average molecular weight is 627 g/mol. The molecule has 0 bridgehead atoms. The third-order valence-corrected chi connectivity index (χ3v) is 7.60. The van der Waals surface area contributed by atoms with E-state index in [-0.39, 0.29) is 0 Å². The molecule has 48 heavy (non-hydrogen) atoms. The lowest BCUT2D eigenvalue weighted by Crippen LogP contribution is -2.09. The second-order valence-corrected chi connectivity index (χ2v) is 10.6. The van der Waals surface area contributed by atoms with E-state index in [4.69, 9.17) is 15.0 Å². The summed E-state index contributed by atoms with van der Waals surface area (Å²) < 4.78 is 2.14. The minimum absolute atomic E-state index is 0.548. The molecule has 0 fully saturated rings. The van der Waals surface area contributed by atoms with Crippen LogP contribution in [0.2, 0.25) is 0 Å². The van der Waals surface area contributed by atoms with Crippen molar-refractivity contribution < 1.29 is 0 Å². The Labute approximate surface area is 282 Å². The second kappa shape index (κ2) is 15.8. The number of fused-ring (bicyclic) bond motifs is 1. The van der Waals surface area contributed by atoms with E-state index in [0.717, 1.165) is 62.2 Å². The molecule has 0 aliphatic carbocycles. The summed E-state index contributed by atoms with van der Waals surface area (Å²) in [6.07, 6.45) is 13.2. The number of aromatic nitrogens is 5. The van der Waals surface area contributed by atoms with Gasteiger partial charge in [-0.3, -0.25) is 14.5 Å². The van der Waals surface area contributed by atoms with E-state index >= 15 is 0 Å². The zero-order valence-corrected chi connectivity index (χ0v) is 27.4. The van der Waals surface area contributed by atoms with Crippen LogP contribution in [0.3, 0.4) is 0 Å². The molecule has 3 aromatic heterocycles. The summed E-state index contributed by atoms with van der Waals surface area (Å²) in [5.41, 5.74) is 8.47. The summed E-state index contributed by atoms with van der Waals surface area (Å²) in [7, 11) is 0. The van der Waals surface area contributed by atoms with Gasteiger partial charge in [-0.15, -0.1) is 0 Å². The van der Waals surface area contributed by atoms with Gasteiger partial charge in [-0.05, 0) is 49.8 Å². The largest absolute Gasteiger partial charge is 0.282 e. The van der Waals surface area contributed by atoms with Gasteiger partial charge in [0.1, 0.15) is 0 Å². The van der Waals surface area contributed by atoms with Crippen molar-refractivity contribution in [2.24, 2.45) is 4.99 Å². The first-order chi connectivity index (χ1) is 23.6. The quantitative estimate of drug-likeness (QED) is 0.112. The van der Waals surface area contributed by atoms with Gasteiger partial charge in [-0.2, -0.15) is 9.97 Å². The van der Waals surface area contributed by atoms with Gasteiger partial charge in [0.05, 0.1) is 16.9 Å². The van der Waals surface area contributed by atoms with E-state index in [1.54, 1.807) is 30.6 Å². The molecular weight excluding hydrogens is 589 g/mol. The molecule has 6 nitrogen and oxygen atoms in total. The molecule has 6 rings (SSSR count). The summed E-state index contributed by atoms with van der Waals surface area (Å²) >= 11 is 0. The Morgan fingerprint density at radius 3 is 2.10 bits per heavy atom. The van der Waals surface area contributed by atoms with Crippen molar-refractivity contribution in [2.75, 3.05) is 0 Å². The van der Waals surface area contributed by atoms with E-state index in [0.29, 0.717) is 17.6 Å². The number of hydrogen-bond acceptors (Lipinski definition) is 5. The van der Waals surface area contributed by atoms with Crippen LogP contribution in [0.25, 0.3) is 57.0 Å². The van der Waals surface area contributed by atoms with Crippen LogP contribution in [0.15, 0.2) is 159 Å². The molecule has 0 aliphatic rings. The summed E-state index contributed by atoms with van der Waals surface area (Å²) in [5, 5.41) is 1.11. The highest BCUT2D eigenvalue weighted by molar-refractivity contribution is 6.09. The van der Waals surface area contributed by atoms with Crippen molar-refractivity contribution in [3.05, 3.63) is 171 Å². The number of aliphatic imine (C=N–C) groups is 1. The molecule has 0 spiro atoms. The Morgan fingerprint density at radius 2 is 1.46 bits per heavy atom. The molecule has 0 N–H and O–H groups in total. The van der Waals surface area contributed by atoms with E-state index in [9.17, 15) is 0 Å². The number of hydrogen-bond donors (Lipinski definition) is 0. The summed E-state index contributed by atoms with van der Waals surface area (Å²) in [6, 6.07) is 30.4. The Morgan fingerprint density at radius 1 is 0.771 bits per heavy atom. The fraction of sp³-hybridized carbons (Fsp3) is 0.0714. The van der Waals surface area contributed by atoms with Crippen molar-refractivity contribution in [1.29, 1.82) is 0 Å². The molecule has 0 saturated heterocycles. The summed E-state index contributed by atoms with van der Waals surface area (Å²) in [4.78, 5) is 24.3. The molecule has 0 radical (unpaired) electrons. The molecule has 0 saturated carbocycles. The molecule has 3 aromatic carbocycles. The van der Waals surface area contributed by atoms with Gasteiger partial charge in [-0.1, -0.05) is 118 Å². The lowest BCUT2D eigenvalue weighted by atomic mass is 10.1. The van der Waals surface area contributed by atoms with Gasteiger partial charge in [0.2, 0.25) is 5.95 Å². The van der Waals surface area contributed by atoms with E-state index in [2.05, 4.69) is 66.0 Å². The van der Waals surface area contributed by atoms with Crippen LogP contribution < -0.4 is 0 Å². The van der Waals surface area contributed by atoms with Crippen molar-refractivity contribution >= 4 is 22.7 Å². The molecule has 0 atom stereocenters. The second-order valence-electron chi connectivity index (χ2n) is 10.6. The van der Waals surface area contributed by atoms with Gasteiger partial charge >= 0.3 is 0 Å². The van der Waals surface area contributed by atoms with Crippen LogP contribution in [-0.4, -0.2) is 30.2 Å². The maximum Gasteiger partial charge on any atom is 0.238 e. The highest BCUT2D eigenvalue weighted by Gasteiger charge is 2.20. The Balaban J connectivity index is 0.00000107. The molecule has 3 heterocycles. The minimum atomic E-state index is 0.548. The van der Waals surface area contributed by atoms with Gasteiger partial charge in [0.15, 0.2) is 11.6 Å². The van der Waals surface area contributed by atoms with Crippen molar-refractivity contribution in [1.82, 2.24) is 24.5 Å². The van der Waals surface area contributed by atoms with Gasteiger partial charge in [-0.25, -0.2) is 4.98 Å². The molecule has 236 valence electrons. The lowest BCUT2D eigenvalue weighted by Gasteiger charge is -2.13. The topological polar surface area (TPSA) is 68.8 Å². The predicted octanol–water partition coefficient (Wildman–Crippen LogP) is 10.3. The normalized spacial score (nSPS) is 11.2. The highest BCUT2D eigenvalue weighted by Crippen LogP contribution is 2.32. The molecule has 6 heteroatoms. The Kier molecular flexibility index (Phi) is 10.9. The lowest BCUT2D eigenvalue weighted by molar-refractivity contribution is 0.871. The summed E-state index contributed by atoms with van der Waals surface area (Å²) in [6.45, 7) is 18.9. The Hall–Kier alpha value is -6.27. The maximum absolute atomic E-state index is 5.09. The fourth-order valence-electron chi connectivity index (χ4n) is 5.41. The van der Waals surface area contributed by atoms with Gasteiger partial charge < -0.3 is 0 Å². The fourth-order valence-corrected chi connectivity index (χ4v) is 5.41. The van der Waals surface area contributed by atoms with Crippen LogP contribution >= 0.6 is 0 Å². The number of para-hydroxylation sites is 1. The van der Waals surface area contributed by atoms with Gasteiger partial charge in [0.25, 0.3) is 0 Å². The Bertz CT molecular complexity index is 2140. The maximum atomic E-state index is 5.09. The minimum Gasteiger partial charge on any atom is -0.282 e.